The van der Waals surface area contributed by atoms with Crippen LogP contribution in [0.15, 0.2) is 72.3 Å². The molecule has 0 aromatic heterocycles. The summed E-state index contributed by atoms with van der Waals surface area (Å²) in [5.74, 6) is -2.21. The zero-order chi connectivity index (χ0) is 27.4. The van der Waals surface area contributed by atoms with Crippen molar-refractivity contribution in [3.63, 3.8) is 0 Å². The molecule has 38 heavy (non-hydrogen) atoms. The fourth-order valence-electron chi connectivity index (χ4n) is 3.60. The number of ether oxygens (including phenoxy) is 1. The quantitative estimate of drug-likeness (QED) is 0.199. The van der Waals surface area contributed by atoms with Gasteiger partial charge in [0, 0.05) is 28.4 Å². The molecular weight excluding hydrogens is 516 g/mol. The largest absolute Gasteiger partial charge is 0.483 e. The summed E-state index contributed by atoms with van der Waals surface area (Å²) >= 11 is 6.11. The molecule has 3 aromatic rings. The van der Waals surface area contributed by atoms with E-state index in [4.69, 9.17) is 16.3 Å². The lowest BCUT2D eigenvalue weighted by Crippen LogP contribution is -2.54. The van der Waals surface area contributed by atoms with E-state index in [2.05, 4.69) is 10.6 Å². The average molecular weight is 535 g/mol. The highest BCUT2D eigenvalue weighted by atomic mass is 35.5. The number of nitro benzene ring substituents is 1. The predicted octanol–water partition coefficient (Wildman–Crippen LogP) is 4.24. The third-order valence-corrected chi connectivity index (χ3v) is 5.59. The summed E-state index contributed by atoms with van der Waals surface area (Å²) in [7, 11) is 0. The minimum Gasteiger partial charge on any atom is -0.483 e. The molecule has 1 aliphatic heterocycles. The summed E-state index contributed by atoms with van der Waals surface area (Å²) in [6.07, 6.45) is 1.18. The first-order chi connectivity index (χ1) is 18.1. The first-order valence-electron chi connectivity index (χ1n) is 11.1. The van der Waals surface area contributed by atoms with Crippen LogP contribution in [-0.4, -0.2) is 35.3 Å². The van der Waals surface area contributed by atoms with E-state index < -0.39 is 34.2 Å². The summed E-state index contributed by atoms with van der Waals surface area (Å²) in [4.78, 5) is 61.5. The van der Waals surface area contributed by atoms with Gasteiger partial charge >= 0.3 is 6.03 Å². The van der Waals surface area contributed by atoms with Crippen molar-refractivity contribution in [2.24, 2.45) is 0 Å². The van der Waals surface area contributed by atoms with Crippen LogP contribution in [0.2, 0.25) is 5.02 Å². The second-order valence-electron chi connectivity index (χ2n) is 8.12. The number of benzene rings is 3. The van der Waals surface area contributed by atoms with Gasteiger partial charge < -0.3 is 10.1 Å². The van der Waals surface area contributed by atoms with E-state index in [9.17, 15) is 29.3 Å². The van der Waals surface area contributed by atoms with Crippen LogP contribution >= 0.6 is 11.6 Å². The van der Waals surface area contributed by atoms with Crippen LogP contribution in [0, 0.1) is 17.0 Å². The van der Waals surface area contributed by atoms with Crippen LogP contribution in [-0.2, 0) is 14.4 Å². The van der Waals surface area contributed by atoms with Gasteiger partial charge in [-0.15, -0.1) is 0 Å². The molecule has 0 atom stereocenters. The molecule has 192 valence electrons. The summed E-state index contributed by atoms with van der Waals surface area (Å²) in [5.41, 5.74) is 1.13. The molecule has 0 unspecified atom stereocenters. The molecule has 11 nitrogen and oxygen atoms in total. The maximum Gasteiger partial charge on any atom is 0.335 e. The topological polar surface area (TPSA) is 148 Å². The number of nitrogens with one attached hydrogen (secondary N) is 2. The monoisotopic (exact) mass is 534 g/mol. The van der Waals surface area contributed by atoms with Gasteiger partial charge in [0.25, 0.3) is 23.4 Å². The fraction of sp³-hybridized carbons (Fsp3) is 0.0769. The van der Waals surface area contributed by atoms with Crippen molar-refractivity contribution < 1.29 is 28.8 Å². The number of rotatable bonds is 7. The van der Waals surface area contributed by atoms with Crippen molar-refractivity contribution in [1.82, 2.24) is 5.32 Å². The van der Waals surface area contributed by atoms with Gasteiger partial charge in [-0.2, -0.15) is 0 Å². The maximum absolute atomic E-state index is 13.2. The number of amides is 5. The van der Waals surface area contributed by atoms with Crippen LogP contribution in [0.3, 0.4) is 0 Å². The number of aryl methyl sites for hydroxylation is 1. The number of hydrogen-bond donors (Lipinski definition) is 2. The maximum atomic E-state index is 13.2. The Morgan fingerprint density at radius 1 is 1.11 bits per heavy atom. The number of nitrogens with zero attached hydrogens (tertiary/aromatic N) is 2. The van der Waals surface area contributed by atoms with E-state index in [1.807, 2.05) is 13.0 Å². The Bertz CT molecular complexity index is 1500. The van der Waals surface area contributed by atoms with Crippen LogP contribution in [0.4, 0.5) is 21.9 Å². The number of non-ortho nitro benzene ring substituents is 1. The van der Waals surface area contributed by atoms with Crippen LogP contribution in [0.25, 0.3) is 6.08 Å². The van der Waals surface area contributed by atoms with Crippen LogP contribution in [0.5, 0.6) is 5.75 Å². The molecule has 12 heteroatoms. The zero-order valence-corrected chi connectivity index (χ0v) is 20.5. The molecule has 2 N–H and O–H groups in total. The molecule has 0 bridgehead atoms. The van der Waals surface area contributed by atoms with E-state index in [1.54, 1.807) is 18.2 Å². The van der Waals surface area contributed by atoms with E-state index in [-0.39, 0.29) is 34.3 Å². The van der Waals surface area contributed by atoms with E-state index in [0.717, 1.165) is 17.7 Å². The smallest absolute Gasteiger partial charge is 0.335 e. The predicted molar refractivity (Wildman–Crippen MR) is 139 cm³/mol. The lowest BCUT2D eigenvalue weighted by molar-refractivity contribution is -0.384. The molecule has 1 fully saturated rings. The number of imide groups is 2. The van der Waals surface area contributed by atoms with Gasteiger partial charge in [-0.05, 0) is 61.0 Å². The molecule has 0 spiro atoms. The van der Waals surface area contributed by atoms with Gasteiger partial charge in [-0.1, -0.05) is 23.7 Å². The first kappa shape index (κ1) is 26.0. The van der Waals surface area contributed by atoms with E-state index in [0.29, 0.717) is 10.6 Å². The van der Waals surface area contributed by atoms with E-state index >= 15 is 0 Å². The third kappa shape index (κ3) is 5.85. The number of hydrogen-bond acceptors (Lipinski definition) is 7. The SMILES string of the molecule is Cc1cccc(NC(=O)COc2ccc(Cl)cc2/C=C2\C(=O)NC(=O)N(c3ccc([N+](=O)[O-])cc3)C2=O)c1. The highest BCUT2D eigenvalue weighted by molar-refractivity contribution is 6.39. The van der Waals surface area contributed by atoms with Crippen molar-refractivity contribution in [3.8, 4) is 5.75 Å². The lowest BCUT2D eigenvalue weighted by atomic mass is 10.1. The molecule has 1 aliphatic rings. The standard InChI is InChI=1S/C26H19ClN4O7/c1-15-3-2-4-18(11-15)28-23(32)14-38-22-10-5-17(27)12-16(22)13-21-24(33)29-26(35)30(25(21)34)19-6-8-20(9-7-19)31(36)37/h2-13H,14H2,1H3,(H,28,32)(H,29,33,35)/b21-13+. The molecule has 4 rings (SSSR count). The molecule has 3 aromatic carbocycles. The highest BCUT2D eigenvalue weighted by Gasteiger charge is 2.37. The van der Waals surface area contributed by atoms with Crippen LogP contribution in [0.1, 0.15) is 11.1 Å². The molecule has 0 radical (unpaired) electrons. The Labute approximate surface area is 220 Å². The lowest BCUT2D eigenvalue weighted by Gasteiger charge is -2.26. The van der Waals surface area contributed by atoms with Crippen molar-refractivity contribution in [1.29, 1.82) is 0 Å². The minimum atomic E-state index is -1.01. The summed E-state index contributed by atoms with van der Waals surface area (Å²) in [6, 6.07) is 15.3. The summed E-state index contributed by atoms with van der Waals surface area (Å²) in [6.45, 7) is 1.51. The third-order valence-electron chi connectivity index (χ3n) is 5.35. The van der Waals surface area contributed by atoms with Gasteiger partial charge in [0.05, 0.1) is 10.6 Å². The van der Waals surface area contributed by atoms with Gasteiger partial charge in [-0.3, -0.25) is 29.8 Å². The Morgan fingerprint density at radius 3 is 2.53 bits per heavy atom. The van der Waals surface area contributed by atoms with Crippen LogP contribution < -0.4 is 20.3 Å². The highest BCUT2D eigenvalue weighted by Crippen LogP contribution is 2.28. The van der Waals surface area contributed by atoms with Crippen molar-refractivity contribution >= 4 is 58.5 Å². The second-order valence-corrected chi connectivity index (χ2v) is 8.56. The zero-order valence-electron chi connectivity index (χ0n) is 19.8. The van der Waals surface area contributed by atoms with Crippen molar-refractivity contribution in [2.75, 3.05) is 16.8 Å². The van der Waals surface area contributed by atoms with Crippen molar-refractivity contribution in [2.45, 2.75) is 6.92 Å². The number of urea groups is 1. The minimum absolute atomic E-state index is 0.0203. The molecule has 1 saturated heterocycles. The summed E-state index contributed by atoms with van der Waals surface area (Å²) < 4.78 is 5.63. The number of carbonyl (C=O) groups excluding carboxylic acids is 4. The molecule has 5 amide bonds. The van der Waals surface area contributed by atoms with E-state index in [1.165, 1.54) is 36.4 Å². The Morgan fingerprint density at radius 2 is 1.84 bits per heavy atom. The number of carbonyl (C=O) groups is 4. The van der Waals surface area contributed by atoms with Gasteiger partial charge in [0.2, 0.25) is 0 Å². The molecule has 0 saturated carbocycles. The number of halogens is 1. The van der Waals surface area contributed by atoms with Crippen molar-refractivity contribution in [3.05, 3.63) is 98.6 Å². The second kappa shape index (κ2) is 10.9. The first-order valence-corrected chi connectivity index (χ1v) is 11.4. The Kier molecular flexibility index (Phi) is 7.49. The molecule has 1 heterocycles. The normalized spacial score (nSPS) is 14.3. The number of barbiturate groups is 1. The van der Waals surface area contributed by atoms with Gasteiger partial charge in [0.15, 0.2) is 6.61 Å². The van der Waals surface area contributed by atoms with Gasteiger partial charge in [0.1, 0.15) is 11.3 Å². The summed E-state index contributed by atoms with van der Waals surface area (Å²) in [5, 5.41) is 16.0. The Balaban J connectivity index is 1.58. The number of nitro groups is 1. The van der Waals surface area contributed by atoms with Gasteiger partial charge in [-0.25, -0.2) is 9.69 Å². The molecule has 0 aliphatic carbocycles. The molecular formula is C26H19ClN4O7. The Hall–Kier alpha value is -5.03. The average Bonchev–Trinajstić information content (AvgIpc) is 2.86. The fourth-order valence-corrected chi connectivity index (χ4v) is 3.78. The number of anilines is 2.